The average Bonchev–Trinajstić information content (AvgIpc) is 2.18. The fourth-order valence-electron chi connectivity index (χ4n) is 0.937. The minimum Gasteiger partial charge on any atom is -0.345 e. The number of carbonyl (C=O) groups excluding carboxylic acids is 1. The van der Waals surface area contributed by atoms with Gasteiger partial charge in [-0.15, -0.1) is 0 Å². The van der Waals surface area contributed by atoms with E-state index in [2.05, 4.69) is 27.4 Å². The van der Waals surface area contributed by atoms with Crippen molar-refractivity contribution in [1.82, 2.24) is 9.88 Å². The summed E-state index contributed by atoms with van der Waals surface area (Å²) in [5, 5.41) is 2.19. The van der Waals surface area contributed by atoms with E-state index in [-0.39, 0.29) is 5.91 Å². The summed E-state index contributed by atoms with van der Waals surface area (Å²) in [7, 11) is 3.33. The standard InChI is InChI=1S/C9H9N3OS/c1-12(2)9(13)7-4-3-5-10-8(7)11-6-14/h3-5H,1-2H3. The monoisotopic (exact) mass is 207 g/mol. The third kappa shape index (κ3) is 2.22. The highest BCUT2D eigenvalue weighted by Gasteiger charge is 2.12. The molecule has 0 fully saturated rings. The molecule has 1 heterocycles. The third-order valence-corrected chi connectivity index (χ3v) is 1.67. The van der Waals surface area contributed by atoms with E-state index in [1.165, 1.54) is 4.90 Å². The van der Waals surface area contributed by atoms with Gasteiger partial charge in [0, 0.05) is 20.3 Å². The summed E-state index contributed by atoms with van der Waals surface area (Å²) in [4.78, 5) is 20.7. The maximum absolute atomic E-state index is 11.6. The molecular weight excluding hydrogens is 198 g/mol. The summed E-state index contributed by atoms with van der Waals surface area (Å²) in [5.74, 6) is 0.156. The Morgan fingerprint density at radius 3 is 2.93 bits per heavy atom. The topological polar surface area (TPSA) is 45.6 Å². The van der Waals surface area contributed by atoms with E-state index in [4.69, 9.17) is 0 Å². The van der Waals surface area contributed by atoms with Crippen molar-refractivity contribution in [2.45, 2.75) is 0 Å². The van der Waals surface area contributed by atoms with Gasteiger partial charge >= 0.3 is 0 Å². The van der Waals surface area contributed by atoms with Crippen LogP contribution in [0.3, 0.4) is 0 Å². The van der Waals surface area contributed by atoms with Gasteiger partial charge in [0.2, 0.25) is 0 Å². The molecule has 72 valence electrons. The Kier molecular flexibility index (Phi) is 3.45. The highest BCUT2D eigenvalue weighted by Crippen LogP contribution is 2.15. The van der Waals surface area contributed by atoms with E-state index in [1.54, 1.807) is 32.4 Å². The molecule has 0 radical (unpaired) electrons. The van der Waals surface area contributed by atoms with Gasteiger partial charge in [-0.1, -0.05) is 0 Å². The third-order valence-electron chi connectivity index (χ3n) is 1.57. The summed E-state index contributed by atoms with van der Waals surface area (Å²) in [6.07, 6.45) is 1.55. The van der Waals surface area contributed by atoms with Crippen LogP contribution >= 0.6 is 12.2 Å². The van der Waals surface area contributed by atoms with Crippen LogP contribution in [0.5, 0.6) is 0 Å². The second-order valence-electron chi connectivity index (χ2n) is 2.78. The first-order valence-electron chi connectivity index (χ1n) is 3.91. The Labute approximate surface area is 87.3 Å². The van der Waals surface area contributed by atoms with Crippen molar-refractivity contribution >= 4 is 29.1 Å². The van der Waals surface area contributed by atoms with Crippen molar-refractivity contribution in [3.8, 4) is 0 Å². The number of pyridine rings is 1. The molecule has 0 saturated carbocycles. The van der Waals surface area contributed by atoms with Gasteiger partial charge in [-0.3, -0.25) is 4.79 Å². The first-order chi connectivity index (χ1) is 6.66. The molecule has 14 heavy (non-hydrogen) atoms. The van der Waals surface area contributed by atoms with Crippen molar-refractivity contribution < 1.29 is 4.79 Å². The molecule has 4 nitrogen and oxygen atoms in total. The van der Waals surface area contributed by atoms with Crippen LogP contribution < -0.4 is 0 Å². The second-order valence-corrected chi connectivity index (χ2v) is 2.96. The quantitative estimate of drug-likeness (QED) is 0.545. The first kappa shape index (κ1) is 10.5. The van der Waals surface area contributed by atoms with E-state index >= 15 is 0 Å². The van der Waals surface area contributed by atoms with Gasteiger partial charge in [-0.2, -0.15) is 4.99 Å². The van der Waals surface area contributed by atoms with Crippen LogP contribution in [-0.4, -0.2) is 35.0 Å². The van der Waals surface area contributed by atoms with Gasteiger partial charge in [0.1, 0.15) is 0 Å². The van der Waals surface area contributed by atoms with Gasteiger partial charge in [0.05, 0.1) is 10.7 Å². The van der Waals surface area contributed by atoms with E-state index in [0.717, 1.165) is 0 Å². The molecule has 0 N–H and O–H groups in total. The number of nitrogens with zero attached hydrogens (tertiary/aromatic N) is 3. The number of hydrogen-bond acceptors (Lipinski definition) is 4. The summed E-state index contributed by atoms with van der Waals surface area (Å²) in [5.41, 5.74) is 0.426. The Balaban J connectivity index is 3.19. The second kappa shape index (κ2) is 4.60. The Morgan fingerprint density at radius 1 is 1.64 bits per heavy atom. The molecule has 1 aromatic heterocycles. The average molecular weight is 207 g/mol. The summed E-state index contributed by atoms with van der Waals surface area (Å²) < 4.78 is 0. The van der Waals surface area contributed by atoms with Gasteiger partial charge < -0.3 is 4.90 Å². The predicted molar refractivity (Wildman–Crippen MR) is 56.9 cm³/mol. The lowest BCUT2D eigenvalue weighted by Crippen LogP contribution is -2.21. The molecule has 0 aliphatic rings. The van der Waals surface area contributed by atoms with Crippen LogP contribution in [0.25, 0.3) is 0 Å². The molecule has 0 atom stereocenters. The molecule has 0 spiro atoms. The van der Waals surface area contributed by atoms with Crippen molar-refractivity contribution in [2.24, 2.45) is 4.99 Å². The minimum absolute atomic E-state index is 0.151. The number of thiocarbonyl (C=S) groups is 1. The zero-order chi connectivity index (χ0) is 10.6. The lowest BCUT2D eigenvalue weighted by molar-refractivity contribution is 0.0828. The zero-order valence-corrected chi connectivity index (χ0v) is 8.71. The van der Waals surface area contributed by atoms with Gasteiger partial charge in [-0.25, -0.2) is 4.98 Å². The van der Waals surface area contributed by atoms with Crippen LogP contribution in [0.15, 0.2) is 23.3 Å². The van der Waals surface area contributed by atoms with E-state index in [9.17, 15) is 4.79 Å². The number of isothiocyanates is 1. The molecule has 0 saturated heterocycles. The molecule has 1 aromatic rings. The lowest BCUT2D eigenvalue weighted by atomic mass is 10.2. The maximum Gasteiger partial charge on any atom is 0.257 e. The smallest absolute Gasteiger partial charge is 0.257 e. The minimum atomic E-state index is -0.151. The summed E-state index contributed by atoms with van der Waals surface area (Å²) >= 11 is 4.46. The van der Waals surface area contributed by atoms with E-state index in [0.29, 0.717) is 11.4 Å². The Bertz CT molecular complexity index is 397. The molecule has 0 bridgehead atoms. The summed E-state index contributed by atoms with van der Waals surface area (Å²) in [6, 6.07) is 3.33. The van der Waals surface area contributed by atoms with E-state index in [1.807, 2.05) is 0 Å². The predicted octanol–water partition coefficient (Wildman–Crippen LogP) is 1.52. The molecule has 1 rings (SSSR count). The van der Waals surface area contributed by atoms with Crippen LogP contribution in [0.1, 0.15) is 10.4 Å². The molecule has 1 amide bonds. The number of aliphatic imine (C=N–C) groups is 1. The number of rotatable bonds is 2. The molecule has 0 aromatic carbocycles. The van der Waals surface area contributed by atoms with Gasteiger partial charge in [-0.05, 0) is 24.4 Å². The largest absolute Gasteiger partial charge is 0.345 e. The number of aromatic nitrogens is 1. The van der Waals surface area contributed by atoms with Crippen molar-refractivity contribution in [3.05, 3.63) is 23.9 Å². The van der Waals surface area contributed by atoms with E-state index < -0.39 is 0 Å². The Morgan fingerprint density at radius 2 is 2.36 bits per heavy atom. The van der Waals surface area contributed by atoms with Crippen molar-refractivity contribution in [3.63, 3.8) is 0 Å². The number of hydrogen-bond donors (Lipinski definition) is 0. The molecule has 0 unspecified atom stereocenters. The highest BCUT2D eigenvalue weighted by molar-refractivity contribution is 7.78. The van der Waals surface area contributed by atoms with Gasteiger partial charge in [0.25, 0.3) is 5.91 Å². The summed E-state index contributed by atoms with van der Waals surface area (Å²) in [6.45, 7) is 0. The number of carbonyl (C=O) groups is 1. The number of amides is 1. The Hall–Kier alpha value is -1.58. The van der Waals surface area contributed by atoms with Crippen LogP contribution in [0.2, 0.25) is 0 Å². The lowest BCUT2D eigenvalue weighted by Gasteiger charge is -2.10. The first-order valence-corrected chi connectivity index (χ1v) is 4.32. The molecule has 0 aliphatic heterocycles. The molecule has 5 heteroatoms. The fraction of sp³-hybridized carbons (Fsp3) is 0.222. The normalized spacial score (nSPS) is 9.00. The fourth-order valence-corrected chi connectivity index (χ4v) is 1.02. The van der Waals surface area contributed by atoms with Crippen molar-refractivity contribution in [2.75, 3.05) is 14.1 Å². The van der Waals surface area contributed by atoms with Crippen LogP contribution in [-0.2, 0) is 0 Å². The zero-order valence-electron chi connectivity index (χ0n) is 7.89. The molecular formula is C9H9N3OS. The maximum atomic E-state index is 11.6. The van der Waals surface area contributed by atoms with Crippen molar-refractivity contribution in [1.29, 1.82) is 0 Å². The van der Waals surface area contributed by atoms with Crippen LogP contribution in [0, 0.1) is 0 Å². The van der Waals surface area contributed by atoms with Crippen LogP contribution in [0.4, 0.5) is 5.82 Å². The highest BCUT2D eigenvalue weighted by atomic mass is 32.1. The molecule has 0 aliphatic carbocycles. The SMILES string of the molecule is CN(C)C(=O)c1cccnc1N=C=S. The van der Waals surface area contributed by atoms with Gasteiger partial charge in [0.15, 0.2) is 5.82 Å².